The van der Waals surface area contributed by atoms with E-state index < -0.39 is 6.04 Å². The van der Waals surface area contributed by atoms with Gasteiger partial charge in [0.15, 0.2) is 0 Å². The van der Waals surface area contributed by atoms with Gasteiger partial charge in [0, 0.05) is 5.56 Å². The minimum absolute atomic E-state index is 0.104. The number of hydrazone groups is 1. The molecule has 150 valence electrons. The SMILES string of the molecule is C#CCOc1ccc(/C=N/NC(=O)C(NC(=O)c2ccc(C)cc2)C(C)C)cc1. The van der Waals surface area contributed by atoms with Crippen molar-refractivity contribution < 1.29 is 14.3 Å². The van der Waals surface area contributed by atoms with E-state index in [9.17, 15) is 9.59 Å². The summed E-state index contributed by atoms with van der Waals surface area (Å²) in [6.07, 6.45) is 6.67. The number of hydrogen-bond acceptors (Lipinski definition) is 4. The highest BCUT2D eigenvalue weighted by molar-refractivity contribution is 5.97. The second-order valence-electron chi connectivity index (χ2n) is 6.86. The summed E-state index contributed by atoms with van der Waals surface area (Å²) in [6, 6.07) is 13.6. The highest BCUT2D eigenvalue weighted by Crippen LogP contribution is 2.11. The second-order valence-corrected chi connectivity index (χ2v) is 6.86. The normalized spacial score (nSPS) is 11.7. The lowest BCUT2D eigenvalue weighted by molar-refractivity contribution is -0.123. The molecule has 0 bridgehead atoms. The number of rotatable bonds is 8. The topological polar surface area (TPSA) is 79.8 Å². The van der Waals surface area contributed by atoms with Crippen LogP contribution in [0.15, 0.2) is 53.6 Å². The third-order valence-electron chi connectivity index (χ3n) is 4.14. The van der Waals surface area contributed by atoms with Gasteiger partial charge >= 0.3 is 0 Å². The van der Waals surface area contributed by atoms with Crippen LogP contribution in [0.2, 0.25) is 0 Å². The Balaban J connectivity index is 1.95. The van der Waals surface area contributed by atoms with Crippen LogP contribution in [0.1, 0.15) is 35.3 Å². The molecule has 0 aromatic heterocycles. The van der Waals surface area contributed by atoms with Gasteiger partial charge in [0.2, 0.25) is 0 Å². The van der Waals surface area contributed by atoms with Gasteiger partial charge in [-0.1, -0.05) is 37.5 Å². The Morgan fingerprint density at radius 3 is 2.38 bits per heavy atom. The molecule has 0 saturated heterocycles. The molecule has 0 aliphatic heterocycles. The molecule has 6 heteroatoms. The summed E-state index contributed by atoms with van der Waals surface area (Å²) in [4.78, 5) is 24.9. The number of carbonyl (C=O) groups excluding carboxylic acids is 2. The van der Waals surface area contributed by atoms with E-state index in [1.165, 1.54) is 6.21 Å². The first kappa shape index (κ1) is 21.7. The molecule has 2 aromatic carbocycles. The summed E-state index contributed by atoms with van der Waals surface area (Å²) in [5.74, 6) is 2.26. The van der Waals surface area contributed by atoms with Crippen LogP contribution in [0.3, 0.4) is 0 Å². The van der Waals surface area contributed by atoms with Gasteiger partial charge in [0.1, 0.15) is 18.4 Å². The summed E-state index contributed by atoms with van der Waals surface area (Å²) in [5, 5.41) is 6.75. The number of ether oxygens (including phenoxy) is 1. The van der Waals surface area contributed by atoms with Crippen molar-refractivity contribution in [2.75, 3.05) is 6.61 Å². The van der Waals surface area contributed by atoms with E-state index in [1.807, 2.05) is 32.9 Å². The van der Waals surface area contributed by atoms with E-state index in [-0.39, 0.29) is 24.3 Å². The average Bonchev–Trinajstić information content (AvgIpc) is 2.71. The van der Waals surface area contributed by atoms with Crippen molar-refractivity contribution in [1.82, 2.24) is 10.7 Å². The van der Waals surface area contributed by atoms with Gasteiger partial charge in [-0.3, -0.25) is 9.59 Å². The fourth-order valence-corrected chi connectivity index (χ4v) is 2.48. The van der Waals surface area contributed by atoms with Crippen LogP contribution in [0.25, 0.3) is 0 Å². The van der Waals surface area contributed by atoms with E-state index in [4.69, 9.17) is 11.2 Å². The fourth-order valence-electron chi connectivity index (χ4n) is 2.48. The molecular weight excluding hydrogens is 366 g/mol. The zero-order valence-electron chi connectivity index (χ0n) is 16.8. The number of nitrogens with one attached hydrogen (secondary N) is 2. The molecule has 2 N–H and O–H groups in total. The maximum atomic E-state index is 12.5. The zero-order chi connectivity index (χ0) is 21.2. The van der Waals surface area contributed by atoms with E-state index in [1.54, 1.807) is 36.4 Å². The Labute approximate surface area is 171 Å². The summed E-state index contributed by atoms with van der Waals surface area (Å²) < 4.78 is 5.30. The van der Waals surface area contributed by atoms with Crippen LogP contribution in [0.5, 0.6) is 5.75 Å². The molecule has 0 saturated carbocycles. The number of aryl methyl sites for hydroxylation is 1. The Kier molecular flexibility index (Phi) is 7.99. The fraction of sp³-hybridized carbons (Fsp3) is 0.261. The first-order chi connectivity index (χ1) is 13.9. The smallest absolute Gasteiger partial charge is 0.262 e. The summed E-state index contributed by atoms with van der Waals surface area (Å²) in [7, 11) is 0. The first-order valence-corrected chi connectivity index (χ1v) is 9.27. The molecule has 0 radical (unpaired) electrons. The van der Waals surface area contributed by atoms with Crippen molar-refractivity contribution >= 4 is 18.0 Å². The van der Waals surface area contributed by atoms with Crippen molar-refractivity contribution in [3.05, 3.63) is 65.2 Å². The van der Waals surface area contributed by atoms with Crippen LogP contribution in [-0.4, -0.2) is 30.7 Å². The van der Waals surface area contributed by atoms with E-state index >= 15 is 0 Å². The van der Waals surface area contributed by atoms with Gasteiger partial charge in [0.25, 0.3) is 11.8 Å². The van der Waals surface area contributed by atoms with Crippen molar-refractivity contribution in [1.29, 1.82) is 0 Å². The summed E-state index contributed by atoms with van der Waals surface area (Å²) in [6.45, 7) is 5.87. The van der Waals surface area contributed by atoms with Crippen molar-refractivity contribution in [2.24, 2.45) is 11.0 Å². The van der Waals surface area contributed by atoms with Crippen LogP contribution in [0.4, 0.5) is 0 Å². The minimum Gasteiger partial charge on any atom is -0.481 e. The lowest BCUT2D eigenvalue weighted by Gasteiger charge is -2.20. The molecule has 1 atom stereocenters. The van der Waals surface area contributed by atoms with Crippen LogP contribution < -0.4 is 15.5 Å². The maximum Gasteiger partial charge on any atom is 0.262 e. The standard InChI is InChI=1S/C23H25N3O3/c1-5-14-29-20-12-8-18(9-13-20)15-24-26-23(28)21(16(2)3)25-22(27)19-10-6-17(4)7-11-19/h1,6-13,15-16,21H,14H2,2-4H3,(H,25,27)(H,26,28)/b24-15+. The predicted molar refractivity (Wildman–Crippen MR) is 114 cm³/mol. The molecule has 2 aromatic rings. The largest absolute Gasteiger partial charge is 0.481 e. The molecule has 29 heavy (non-hydrogen) atoms. The van der Waals surface area contributed by atoms with Gasteiger partial charge < -0.3 is 10.1 Å². The van der Waals surface area contributed by atoms with Gasteiger partial charge in [-0.05, 0) is 54.8 Å². The molecular formula is C23H25N3O3. The molecule has 0 fully saturated rings. The van der Waals surface area contributed by atoms with Crippen molar-refractivity contribution in [3.8, 4) is 18.1 Å². The maximum absolute atomic E-state index is 12.5. The molecule has 2 rings (SSSR count). The Hall–Kier alpha value is -3.59. The van der Waals surface area contributed by atoms with E-state index in [0.717, 1.165) is 11.1 Å². The molecule has 1 unspecified atom stereocenters. The first-order valence-electron chi connectivity index (χ1n) is 9.27. The number of carbonyl (C=O) groups is 2. The van der Waals surface area contributed by atoms with Crippen LogP contribution in [-0.2, 0) is 4.79 Å². The van der Waals surface area contributed by atoms with Crippen molar-refractivity contribution in [3.63, 3.8) is 0 Å². The predicted octanol–water partition coefficient (Wildman–Crippen LogP) is 2.91. The third-order valence-corrected chi connectivity index (χ3v) is 4.14. The summed E-state index contributed by atoms with van der Waals surface area (Å²) >= 11 is 0. The van der Waals surface area contributed by atoms with Crippen LogP contribution in [0, 0.1) is 25.2 Å². The average molecular weight is 391 g/mol. The zero-order valence-corrected chi connectivity index (χ0v) is 16.8. The van der Waals surface area contributed by atoms with Crippen LogP contribution >= 0.6 is 0 Å². The van der Waals surface area contributed by atoms with Gasteiger partial charge in [-0.2, -0.15) is 5.10 Å². The molecule has 2 amide bonds. The van der Waals surface area contributed by atoms with E-state index in [0.29, 0.717) is 11.3 Å². The number of amides is 2. The molecule has 0 spiro atoms. The number of terminal acetylenes is 1. The quantitative estimate of drug-likeness (QED) is 0.413. The molecule has 0 aliphatic carbocycles. The Morgan fingerprint density at radius 2 is 1.79 bits per heavy atom. The Morgan fingerprint density at radius 1 is 1.14 bits per heavy atom. The van der Waals surface area contributed by atoms with Crippen molar-refractivity contribution in [2.45, 2.75) is 26.8 Å². The number of nitrogens with zero attached hydrogens (tertiary/aromatic N) is 1. The highest BCUT2D eigenvalue weighted by atomic mass is 16.5. The molecule has 6 nitrogen and oxygen atoms in total. The van der Waals surface area contributed by atoms with Gasteiger partial charge in [0.05, 0.1) is 6.21 Å². The Bertz CT molecular complexity index is 894. The monoisotopic (exact) mass is 391 g/mol. The minimum atomic E-state index is -0.708. The van der Waals surface area contributed by atoms with Gasteiger partial charge in [-0.15, -0.1) is 6.42 Å². The number of benzene rings is 2. The summed E-state index contributed by atoms with van der Waals surface area (Å²) in [5.41, 5.74) is 4.83. The molecule has 0 aliphatic rings. The highest BCUT2D eigenvalue weighted by Gasteiger charge is 2.24. The van der Waals surface area contributed by atoms with Gasteiger partial charge in [-0.25, -0.2) is 5.43 Å². The second kappa shape index (κ2) is 10.7. The number of hydrogen-bond donors (Lipinski definition) is 2. The van der Waals surface area contributed by atoms with E-state index in [2.05, 4.69) is 21.8 Å². The lowest BCUT2D eigenvalue weighted by atomic mass is 10.0. The third kappa shape index (κ3) is 6.82. The molecule has 0 heterocycles. The lowest BCUT2D eigenvalue weighted by Crippen LogP contribution is -2.48.